The fraction of sp³-hybridized carbons (Fsp3) is 0. The highest BCUT2D eigenvalue weighted by Gasteiger charge is 1.96. The molecule has 4 heteroatoms. The summed E-state index contributed by atoms with van der Waals surface area (Å²) in [6, 6.07) is 7.16. The predicted molar refractivity (Wildman–Crippen MR) is 50.8 cm³/mol. The summed E-state index contributed by atoms with van der Waals surface area (Å²) in [6.07, 6.45) is -1.04. The molecule has 1 amide bonds. The predicted octanol–water partition coefficient (Wildman–Crippen LogP) is 2.38. The van der Waals surface area contributed by atoms with Crippen molar-refractivity contribution in [1.82, 2.24) is 0 Å². The second-order valence-electron chi connectivity index (χ2n) is 1.94. The third kappa shape index (κ3) is 2.75. The van der Waals surface area contributed by atoms with Gasteiger partial charge in [0.05, 0.1) is 0 Å². The van der Waals surface area contributed by atoms with Crippen LogP contribution in [0.2, 0.25) is 0 Å². The van der Waals surface area contributed by atoms with Gasteiger partial charge in [-0.1, -0.05) is 6.07 Å². The van der Waals surface area contributed by atoms with Crippen LogP contribution in [0.3, 0.4) is 0 Å². The summed E-state index contributed by atoms with van der Waals surface area (Å²) in [5, 5.41) is 10.6. The Morgan fingerprint density at radius 2 is 2.27 bits per heavy atom. The van der Waals surface area contributed by atoms with Crippen molar-refractivity contribution in [2.75, 3.05) is 5.32 Å². The molecule has 3 nitrogen and oxygen atoms in total. The van der Waals surface area contributed by atoms with Crippen molar-refractivity contribution < 1.29 is 9.90 Å². The summed E-state index contributed by atoms with van der Waals surface area (Å²) in [4.78, 5) is 10.2. The molecule has 0 saturated carbocycles. The van der Waals surface area contributed by atoms with E-state index in [0.29, 0.717) is 5.69 Å². The van der Waals surface area contributed by atoms with E-state index in [1.165, 1.54) is 0 Å². The molecule has 1 rings (SSSR count). The van der Waals surface area contributed by atoms with Crippen LogP contribution < -0.4 is 5.32 Å². The summed E-state index contributed by atoms with van der Waals surface area (Å²) in [5.74, 6) is 0. The molecule has 1 aromatic carbocycles. The smallest absolute Gasteiger partial charge is 0.409 e. The Bertz CT molecular complexity index is 275. The van der Waals surface area contributed by atoms with Crippen molar-refractivity contribution in [3.63, 3.8) is 0 Å². The number of nitrogens with one attached hydrogen (secondary N) is 1. The highest BCUT2D eigenvalue weighted by Crippen LogP contribution is 2.11. The Morgan fingerprint density at radius 1 is 1.55 bits per heavy atom. The van der Waals surface area contributed by atoms with E-state index >= 15 is 0 Å². The van der Waals surface area contributed by atoms with Crippen molar-refractivity contribution in [1.29, 1.82) is 0 Å². The number of hydrogen-bond acceptors (Lipinski definition) is 1. The van der Waals surface area contributed by atoms with E-state index in [1.54, 1.807) is 18.2 Å². The number of hydrogen-bond donors (Lipinski definition) is 2. The molecular formula is C7H6INO2. The Labute approximate surface area is 77.6 Å². The lowest BCUT2D eigenvalue weighted by atomic mass is 10.3. The van der Waals surface area contributed by atoms with Gasteiger partial charge in [0, 0.05) is 9.26 Å². The minimum Gasteiger partial charge on any atom is -0.465 e. The number of carboxylic acid groups (broad SMARTS) is 1. The molecule has 2 N–H and O–H groups in total. The fourth-order valence-corrected chi connectivity index (χ4v) is 1.23. The summed E-state index contributed by atoms with van der Waals surface area (Å²) >= 11 is 2.12. The van der Waals surface area contributed by atoms with Crippen molar-refractivity contribution >= 4 is 34.4 Å². The van der Waals surface area contributed by atoms with E-state index in [1.807, 2.05) is 6.07 Å². The first kappa shape index (κ1) is 8.32. The van der Waals surface area contributed by atoms with Crippen LogP contribution in [0, 0.1) is 3.57 Å². The molecule has 0 unspecified atom stereocenters. The monoisotopic (exact) mass is 263 g/mol. The molecule has 0 aliphatic carbocycles. The van der Waals surface area contributed by atoms with Crippen molar-refractivity contribution in [3.8, 4) is 0 Å². The van der Waals surface area contributed by atoms with Gasteiger partial charge in [0.25, 0.3) is 0 Å². The maximum Gasteiger partial charge on any atom is 0.409 e. The average molecular weight is 263 g/mol. The van der Waals surface area contributed by atoms with Gasteiger partial charge in [0.1, 0.15) is 0 Å². The molecule has 0 atom stereocenters. The summed E-state index contributed by atoms with van der Waals surface area (Å²) < 4.78 is 1.01. The third-order valence-corrected chi connectivity index (χ3v) is 1.75. The molecule has 11 heavy (non-hydrogen) atoms. The zero-order valence-corrected chi connectivity index (χ0v) is 7.70. The largest absolute Gasteiger partial charge is 0.465 e. The lowest BCUT2D eigenvalue weighted by Gasteiger charge is -1.99. The first-order valence-corrected chi connectivity index (χ1v) is 4.02. The molecule has 0 bridgehead atoms. The van der Waals surface area contributed by atoms with Crippen molar-refractivity contribution in [2.45, 2.75) is 0 Å². The van der Waals surface area contributed by atoms with Crippen LogP contribution in [-0.2, 0) is 0 Å². The molecular weight excluding hydrogens is 257 g/mol. The Balaban J connectivity index is 2.79. The molecule has 0 aliphatic heterocycles. The third-order valence-electron chi connectivity index (χ3n) is 1.08. The second kappa shape index (κ2) is 3.56. The Kier molecular flexibility index (Phi) is 2.70. The molecule has 0 fully saturated rings. The Hall–Kier alpha value is -0.780. The summed E-state index contributed by atoms with van der Waals surface area (Å²) in [6.45, 7) is 0. The van der Waals surface area contributed by atoms with E-state index in [9.17, 15) is 4.79 Å². The zero-order valence-electron chi connectivity index (χ0n) is 5.54. The second-order valence-corrected chi connectivity index (χ2v) is 3.19. The summed E-state index contributed by atoms with van der Waals surface area (Å²) in [5.41, 5.74) is 0.601. The average Bonchev–Trinajstić information content (AvgIpc) is 1.85. The van der Waals surface area contributed by atoms with Gasteiger partial charge < -0.3 is 5.11 Å². The van der Waals surface area contributed by atoms with E-state index in [0.717, 1.165) is 3.57 Å². The zero-order chi connectivity index (χ0) is 8.27. The van der Waals surface area contributed by atoms with E-state index in [2.05, 4.69) is 27.9 Å². The molecule has 0 aromatic heterocycles. The minimum absolute atomic E-state index is 0.601. The molecule has 58 valence electrons. The number of amides is 1. The van der Waals surface area contributed by atoms with Crippen LogP contribution in [-0.4, -0.2) is 11.2 Å². The van der Waals surface area contributed by atoms with Gasteiger partial charge in [-0.15, -0.1) is 0 Å². The van der Waals surface area contributed by atoms with E-state index < -0.39 is 6.09 Å². The maximum absolute atomic E-state index is 10.2. The van der Waals surface area contributed by atoms with Crippen molar-refractivity contribution in [3.05, 3.63) is 27.8 Å². The fourth-order valence-electron chi connectivity index (χ4n) is 0.690. The quantitative estimate of drug-likeness (QED) is 0.764. The SMILES string of the molecule is O=C(O)Nc1cccc(I)c1. The molecule has 0 saturated heterocycles. The van der Waals surface area contributed by atoms with Crippen LogP contribution in [0.15, 0.2) is 24.3 Å². The molecule has 0 radical (unpaired) electrons. The lowest BCUT2D eigenvalue weighted by molar-refractivity contribution is 0.210. The van der Waals surface area contributed by atoms with Crippen LogP contribution >= 0.6 is 22.6 Å². The topological polar surface area (TPSA) is 49.3 Å². The van der Waals surface area contributed by atoms with Crippen LogP contribution in [0.25, 0.3) is 0 Å². The normalized spacial score (nSPS) is 9.18. The van der Waals surface area contributed by atoms with Gasteiger partial charge >= 0.3 is 6.09 Å². The van der Waals surface area contributed by atoms with E-state index in [4.69, 9.17) is 5.11 Å². The lowest BCUT2D eigenvalue weighted by Crippen LogP contribution is -2.06. The van der Waals surface area contributed by atoms with Gasteiger partial charge in [-0.3, -0.25) is 5.32 Å². The van der Waals surface area contributed by atoms with Crippen LogP contribution in [0.5, 0.6) is 0 Å². The number of anilines is 1. The number of carbonyl (C=O) groups is 1. The van der Waals surface area contributed by atoms with Gasteiger partial charge in [-0.25, -0.2) is 4.79 Å². The molecule has 0 aliphatic rings. The van der Waals surface area contributed by atoms with Crippen LogP contribution in [0.4, 0.5) is 10.5 Å². The Morgan fingerprint density at radius 3 is 2.82 bits per heavy atom. The number of rotatable bonds is 1. The highest BCUT2D eigenvalue weighted by molar-refractivity contribution is 14.1. The number of benzene rings is 1. The van der Waals surface area contributed by atoms with Crippen molar-refractivity contribution in [2.24, 2.45) is 0 Å². The van der Waals surface area contributed by atoms with Gasteiger partial charge in [0.15, 0.2) is 0 Å². The highest BCUT2D eigenvalue weighted by atomic mass is 127. The minimum atomic E-state index is -1.04. The van der Waals surface area contributed by atoms with Gasteiger partial charge in [-0.05, 0) is 40.8 Å². The molecule has 0 heterocycles. The molecule has 0 spiro atoms. The van der Waals surface area contributed by atoms with Gasteiger partial charge in [0.2, 0.25) is 0 Å². The summed E-state index contributed by atoms with van der Waals surface area (Å²) in [7, 11) is 0. The first-order chi connectivity index (χ1) is 5.18. The maximum atomic E-state index is 10.2. The standard InChI is InChI=1S/C7H6INO2/c8-5-2-1-3-6(4-5)9-7(10)11/h1-4,9H,(H,10,11). The van der Waals surface area contributed by atoms with Gasteiger partial charge in [-0.2, -0.15) is 0 Å². The van der Waals surface area contributed by atoms with Crippen LogP contribution in [0.1, 0.15) is 0 Å². The number of halogens is 1. The molecule has 1 aromatic rings. The van der Waals surface area contributed by atoms with E-state index in [-0.39, 0.29) is 0 Å². The first-order valence-electron chi connectivity index (χ1n) is 2.94.